The number of likely N-dealkylation sites (tertiary alicyclic amines) is 1. The maximum absolute atomic E-state index is 14.0. The number of ether oxygens (including phenoxy) is 1. The summed E-state index contributed by atoms with van der Waals surface area (Å²) in [7, 11) is 1.66. The van der Waals surface area contributed by atoms with Gasteiger partial charge in [-0.05, 0) is 62.9 Å². The summed E-state index contributed by atoms with van der Waals surface area (Å²) in [5.41, 5.74) is 2.45. The monoisotopic (exact) mass is 435 g/mol. The fourth-order valence-electron chi connectivity index (χ4n) is 4.47. The maximum atomic E-state index is 14.0. The van der Waals surface area contributed by atoms with E-state index in [1.165, 1.54) is 6.07 Å². The fourth-order valence-corrected chi connectivity index (χ4v) is 4.47. The van der Waals surface area contributed by atoms with E-state index >= 15 is 0 Å². The summed E-state index contributed by atoms with van der Waals surface area (Å²) in [4.78, 5) is 19.6. The van der Waals surface area contributed by atoms with Crippen LogP contribution in [0, 0.1) is 11.7 Å². The second-order valence-corrected chi connectivity index (χ2v) is 8.49. The number of hydrogen-bond acceptors (Lipinski definition) is 4. The van der Waals surface area contributed by atoms with Crippen molar-refractivity contribution in [3.63, 3.8) is 0 Å². The van der Waals surface area contributed by atoms with E-state index < -0.39 is 0 Å². The van der Waals surface area contributed by atoms with E-state index in [0.717, 1.165) is 56.4 Å². The highest BCUT2D eigenvalue weighted by Crippen LogP contribution is 2.25. The summed E-state index contributed by atoms with van der Waals surface area (Å²) < 4.78 is 21.0. The van der Waals surface area contributed by atoms with Crippen molar-refractivity contribution in [2.45, 2.75) is 38.8 Å². The van der Waals surface area contributed by atoms with Crippen LogP contribution < -0.4 is 10.3 Å². The van der Waals surface area contributed by atoms with Crippen molar-refractivity contribution in [2.75, 3.05) is 20.2 Å². The van der Waals surface area contributed by atoms with E-state index in [0.29, 0.717) is 17.4 Å². The number of pyridine rings is 2. The standard InChI is InChI=1S/C26H30FN3O2/c1-32-25-23(7-4-14-28-25)18-29-16-12-20(13-17-29)10-11-21-8-5-15-30(26(21)31)19-22-6-2-3-9-24(22)27/h2-9,14-15,20H,10-13,16-19H2,1H3. The van der Waals surface area contributed by atoms with Gasteiger partial charge < -0.3 is 9.30 Å². The summed E-state index contributed by atoms with van der Waals surface area (Å²) in [5.74, 6) is 1.03. The molecule has 5 nitrogen and oxygen atoms in total. The molecule has 0 saturated carbocycles. The van der Waals surface area contributed by atoms with Crippen LogP contribution >= 0.6 is 0 Å². The molecule has 32 heavy (non-hydrogen) atoms. The van der Waals surface area contributed by atoms with Crippen LogP contribution in [0.3, 0.4) is 0 Å². The Morgan fingerprint density at radius 1 is 1.00 bits per heavy atom. The third-order valence-electron chi connectivity index (χ3n) is 6.36. The van der Waals surface area contributed by atoms with Gasteiger partial charge in [-0.3, -0.25) is 9.69 Å². The Balaban J connectivity index is 1.30. The first kappa shape index (κ1) is 22.2. The molecule has 3 heterocycles. The Morgan fingerprint density at radius 2 is 1.75 bits per heavy atom. The van der Waals surface area contributed by atoms with Crippen LogP contribution in [0.15, 0.2) is 65.7 Å². The van der Waals surface area contributed by atoms with Crippen LogP contribution in [0.1, 0.15) is 36.0 Å². The van der Waals surface area contributed by atoms with Crippen molar-refractivity contribution in [3.8, 4) is 5.88 Å². The van der Waals surface area contributed by atoms with Gasteiger partial charge in [0, 0.05) is 35.6 Å². The molecular formula is C26H30FN3O2. The van der Waals surface area contributed by atoms with E-state index in [2.05, 4.69) is 16.0 Å². The van der Waals surface area contributed by atoms with Crippen LogP contribution in [0.4, 0.5) is 4.39 Å². The SMILES string of the molecule is COc1ncccc1CN1CCC(CCc2cccn(Cc3ccccc3F)c2=O)CC1. The zero-order valence-corrected chi connectivity index (χ0v) is 18.5. The Bertz CT molecular complexity index is 1090. The van der Waals surface area contributed by atoms with Crippen LogP contribution in [-0.4, -0.2) is 34.7 Å². The molecule has 0 bridgehead atoms. The third-order valence-corrected chi connectivity index (χ3v) is 6.36. The van der Waals surface area contributed by atoms with Gasteiger partial charge in [0.25, 0.3) is 5.56 Å². The fraction of sp³-hybridized carbons (Fsp3) is 0.385. The van der Waals surface area contributed by atoms with Gasteiger partial charge in [-0.2, -0.15) is 0 Å². The maximum Gasteiger partial charge on any atom is 0.254 e. The first-order valence-electron chi connectivity index (χ1n) is 11.3. The predicted molar refractivity (Wildman–Crippen MR) is 123 cm³/mol. The van der Waals surface area contributed by atoms with Gasteiger partial charge >= 0.3 is 0 Å². The lowest BCUT2D eigenvalue weighted by Crippen LogP contribution is -2.33. The second-order valence-electron chi connectivity index (χ2n) is 8.49. The lowest BCUT2D eigenvalue weighted by Gasteiger charge is -2.32. The largest absolute Gasteiger partial charge is 0.481 e. The number of halogens is 1. The minimum Gasteiger partial charge on any atom is -0.481 e. The topological polar surface area (TPSA) is 47.4 Å². The van der Waals surface area contributed by atoms with E-state index in [1.54, 1.807) is 42.3 Å². The molecule has 0 radical (unpaired) electrons. The summed E-state index contributed by atoms with van der Waals surface area (Å²) in [6, 6.07) is 14.4. The number of hydrogen-bond donors (Lipinski definition) is 0. The average Bonchev–Trinajstić information content (AvgIpc) is 2.82. The third kappa shape index (κ3) is 5.43. The lowest BCUT2D eigenvalue weighted by atomic mass is 9.90. The summed E-state index contributed by atoms with van der Waals surface area (Å²) >= 11 is 0. The normalized spacial score (nSPS) is 15.1. The van der Waals surface area contributed by atoms with E-state index in [1.807, 2.05) is 18.2 Å². The number of methoxy groups -OCH3 is 1. The highest BCUT2D eigenvalue weighted by atomic mass is 19.1. The number of aromatic nitrogens is 2. The molecule has 3 aromatic rings. The van der Waals surface area contributed by atoms with Crippen LogP contribution in [0.2, 0.25) is 0 Å². The Labute approximate surface area is 188 Å². The lowest BCUT2D eigenvalue weighted by molar-refractivity contribution is 0.170. The first-order chi connectivity index (χ1) is 15.6. The van der Waals surface area contributed by atoms with Crippen molar-refractivity contribution in [2.24, 2.45) is 5.92 Å². The van der Waals surface area contributed by atoms with Crippen molar-refractivity contribution in [1.29, 1.82) is 0 Å². The van der Waals surface area contributed by atoms with E-state index in [-0.39, 0.29) is 17.9 Å². The number of aryl methyl sites for hydroxylation is 1. The molecule has 0 atom stereocenters. The van der Waals surface area contributed by atoms with Gasteiger partial charge in [0.05, 0.1) is 13.7 Å². The molecule has 1 aliphatic heterocycles. The molecule has 0 spiro atoms. The molecule has 1 aromatic carbocycles. The van der Waals surface area contributed by atoms with Gasteiger partial charge in [0.15, 0.2) is 0 Å². The quantitative estimate of drug-likeness (QED) is 0.530. The van der Waals surface area contributed by atoms with Gasteiger partial charge in [-0.15, -0.1) is 0 Å². The molecule has 0 aliphatic carbocycles. The van der Waals surface area contributed by atoms with Gasteiger partial charge in [-0.25, -0.2) is 9.37 Å². The second kappa shape index (κ2) is 10.6. The van der Waals surface area contributed by atoms with E-state index in [4.69, 9.17) is 4.74 Å². The smallest absolute Gasteiger partial charge is 0.254 e. The molecule has 2 aromatic heterocycles. The summed E-state index contributed by atoms with van der Waals surface area (Å²) in [5, 5.41) is 0. The number of piperidine rings is 1. The van der Waals surface area contributed by atoms with Crippen molar-refractivity contribution < 1.29 is 9.13 Å². The average molecular weight is 436 g/mol. The molecular weight excluding hydrogens is 405 g/mol. The molecule has 0 unspecified atom stereocenters. The zero-order chi connectivity index (χ0) is 22.3. The first-order valence-corrected chi connectivity index (χ1v) is 11.3. The van der Waals surface area contributed by atoms with Gasteiger partial charge in [-0.1, -0.05) is 30.3 Å². The minimum atomic E-state index is -0.277. The molecule has 0 N–H and O–H groups in total. The highest BCUT2D eigenvalue weighted by Gasteiger charge is 2.20. The Hall–Kier alpha value is -2.99. The van der Waals surface area contributed by atoms with Gasteiger partial charge in [0.1, 0.15) is 5.82 Å². The highest BCUT2D eigenvalue weighted by molar-refractivity contribution is 5.25. The van der Waals surface area contributed by atoms with Crippen molar-refractivity contribution in [1.82, 2.24) is 14.5 Å². The zero-order valence-electron chi connectivity index (χ0n) is 18.5. The Kier molecular flexibility index (Phi) is 7.32. The van der Waals surface area contributed by atoms with Crippen molar-refractivity contribution in [3.05, 3.63) is 93.8 Å². The van der Waals surface area contributed by atoms with Crippen molar-refractivity contribution >= 4 is 0 Å². The van der Waals surface area contributed by atoms with Crippen LogP contribution in [0.25, 0.3) is 0 Å². The van der Waals surface area contributed by atoms with Crippen LogP contribution in [0.5, 0.6) is 5.88 Å². The number of rotatable bonds is 8. The molecule has 4 rings (SSSR count). The predicted octanol–water partition coefficient (Wildman–Crippen LogP) is 4.28. The minimum absolute atomic E-state index is 0.0168. The molecule has 1 aliphatic rings. The van der Waals surface area contributed by atoms with Gasteiger partial charge in [0.2, 0.25) is 5.88 Å². The summed E-state index contributed by atoms with van der Waals surface area (Å²) in [6.07, 6.45) is 7.50. The number of benzene rings is 1. The summed E-state index contributed by atoms with van der Waals surface area (Å²) in [6.45, 7) is 3.18. The molecule has 1 saturated heterocycles. The molecule has 168 valence electrons. The van der Waals surface area contributed by atoms with E-state index in [9.17, 15) is 9.18 Å². The Morgan fingerprint density at radius 3 is 2.53 bits per heavy atom. The molecule has 6 heteroatoms. The number of nitrogens with zero attached hydrogens (tertiary/aromatic N) is 3. The molecule has 0 amide bonds. The van der Waals surface area contributed by atoms with Crippen LogP contribution in [-0.2, 0) is 19.5 Å². The molecule has 1 fully saturated rings.